The van der Waals surface area contributed by atoms with E-state index in [1.807, 2.05) is 16.7 Å². The average molecular weight is 321 g/mol. The van der Waals surface area contributed by atoms with E-state index in [2.05, 4.69) is 6.92 Å². The first-order chi connectivity index (χ1) is 8.61. The molecule has 0 saturated carbocycles. The van der Waals surface area contributed by atoms with Crippen LogP contribution in [-0.4, -0.2) is 34.9 Å². The van der Waals surface area contributed by atoms with Crippen LogP contribution in [0.3, 0.4) is 0 Å². The maximum absolute atomic E-state index is 12.4. The van der Waals surface area contributed by atoms with Gasteiger partial charge in [-0.1, -0.05) is 18.5 Å². The molecule has 19 heavy (non-hydrogen) atoms. The van der Waals surface area contributed by atoms with Crippen LogP contribution in [0.2, 0.25) is 5.02 Å². The second-order valence-electron chi connectivity index (χ2n) is 4.39. The summed E-state index contributed by atoms with van der Waals surface area (Å²) in [4.78, 5) is 14.3. The Balaban J connectivity index is 0.00000180. The fourth-order valence-corrected chi connectivity index (χ4v) is 3.48. The Labute approximate surface area is 129 Å². The van der Waals surface area contributed by atoms with E-state index >= 15 is 0 Å². The van der Waals surface area contributed by atoms with Crippen molar-refractivity contribution in [3.05, 3.63) is 28.8 Å². The van der Waals surface area contributed by atoms with Crippen molar-refractivity contribution in [1.82, 2.24) is 4.90 Å². The highest BCUT2D eigenvalue weighted by atomic mass is 35.5. The highest BCUT2D eigenvalue weighted by Gasteiger charge is 2.25. The van der Waals surface area contributed by atoms with Crippen molar-refractivity contribution in [2.75, 3.05) is 24.6 Å². The summed E-state index contributed by atoms with van der Waals surface area (Å²) in [5, 5.41) is 0.974. The lowest BCUT2D eigenvalue weighted by Gasteiger charge is -2.32. The molecule has 3 nitrogen and oxygen atoms in total. The Hall–Kier alpha value is -0.580. The number of hydrogen-bond acceptors (Lipinski definition) is 3. The van der Waals surface area contributed by atoms with Crippen LogP contribution in [-0.2, 0) is 0 Å². The van der Waals surface area contributed by atoms with E-state index in [0.29, 0.717) is 21.5 Å². The maximum atomic E-state index is 12.4. The third-order valence-electron chi connectivity index (χ3n) is 3.10. The fraction of sp³-hybridized carbons (Fsp3) is 0.462. The molecule has 106 valence electrons. The minimum absolute atomic E-state index is 0. The number of hydrogen-bond donors (Lipinski definition) is 1. The van der Waals surface area contributed by atoms with Crippen LogP contribution in [0, 0.1) is 0 Å². The molecule has 1 amide bonds. The Morgan fingerprint density at radius 3 is 2.95 bits per heavy atom. The van der Waals surface area contributed by atoms with Crippen LogP contribution in [0.15, 0.2) is 18.2 Å². The standard InChI is InChI=1S/C13H17ClN2OS.ClH/c1-2-10-8-16(5-6-18-10)13(17)11-4-3-9(15)7-12(11)14;/h3-4,7,10H,2,5-6,8,15H2,1H3;1H. The normalized spacial score (nSPS) is 18.8. The van der Waals surface area contributed by atoms with Crippen LogP contribution in [0.4, 0.5) is 5.69 Å². The summed E-state index contributed by atoms with van der Waals surface area (Å²) in [6, 6.07) is 5.06. The zero-order chi connectivity index (χ0) is 13.1. The van der Waals surface area contributed by atoms with Gasteiger partial charge in [0.15, 0.2) is 0 Å². The van der Waals surface area contributed by atoms with Gasteiger partial charge in [0.05, 0.1) is 10.6 Å². The first kappa shape index (κ1) is 16.5. The SMILES string of the molecule is CCC1CN(C(=O)c2ccc(N)cc2Cl)CCS1.Cl. The van der Waals surface area contributed by atoms with Gasteiger partial charge < -0.3 is 10.6 Å². The molecule has 1 atom stereocenters. The maximum Gasteiger partial charge on any atom is 0.255 e. The van der Waals surface area contributed by atoms with Crippen molar-refractivity contribution in [3.63, 3.8) is 0 Å². The van der Waals surface area contributed by atoms with Crippen LogP contribution in [0.1, 0.15) is 23.7 Å². The average Bonchev–Trinajstić information content (AvgIpc) is 2.38. The molecule has 2 N–H and O–H groups in total. The number of nitrogens with zero attached hydrogens (tertiary/aromatic N) is 1. The Morgan fingerprint density at radius 2 is 2.32 bits per heavy atom. The molecule has 1 aliphatic heterocycles. The lowest BCUT2D eigenvalue weighted by molar-refractivity contribution is 0.0761. The van der Waals surface area contributed by atoms with Gasteiger partial charge in [0.25, 0.3) is 5.91 Å². The van der Waals surface area contributed by atoms with Crippen molar-refractivity contribution in [2.45, 2.75) is 18.6 Å². The number of anilines is 1. The predicted octanol–water partition coefficient (Wildman–Crippen LogP) is 3.31. The zero-order valence-electron chi connectivity index (χ0n) is 10.8. The van der Waals surface area contributed by atoms with Crippen molar-refractivity contribution >= 4 is 47.4 Å². The van der Waals surface area contributed by atoms with Crippen molar-refractivity contribution in [3.8, 4) is 0 Å². The lowest BCUT2D eigenvalue weighted by Crippen LogP contribution is -2.41. The van der Waals surface area contributed by atoms with E-state index in [1.165, 1.54) is 0 Å². The van der Waals surface area contributed by atoms with E-state index < -0.39 is 0 Å². The quantitative estimate of drug-likeness (QED) is 0.850. The predicted molar refractivity (Wildman–Crippen MR) is 85.6 cm³/mol. The summed E-state index contributed by atoms with van der Waals surface area (Å²) in [6.07, 6.45) is 1.09. The van der Waals surface area contributed by atoms with E-state index in [0.717, 1.165) is 25.3 Å². The number of amides is 1. The minimum Gasteiger partial charge on any atom is -0.399 e. The second-order valence-corrected chi connectivity index (χ2v) is 6.21. The van der Waals surface area contributed by atoms with Crippen LogP contribution in [0.5, 0.6) is 0 Å². The minimum atomic E-state index is 0. The number of rotatable bonds is 2. The van der Waals surface area contributed by atoms with Gasteiger partial charge in [-0.3, -0.25) is 4.79 Å². The summed E-state index contributed by atoms with van der Waals surface area (Å²) in [5.74, 6) is 1.01. The number of nitrogen functional groups attached to an aromatic ring is 1. The van der Waals surface area contributed by atoms with Crippen molar-refractivity contribution in [2.24, 2.45) is 0 Å². The Kier molecular flexibility index (Phi) is 6.30. The molecule has 1 heterocycles. The summed E-state index contributed by atoms with van der Waals surface area (Å²) in [7, 11) is 0. The van der Waals surface area contributed by atoms with Gasteiger partial charge in [-0.05, 0) is 24.6 Å². The first-order valence-electron chi connectivity index (χ1n) is 6.07. The first-order valence-corrected chi connectivity index (χ1v) is 7.50. The van der Waals surface area contributed by atoms with Gasteiger partial charge in [0.1, 0.15) is 0 Å². The molecule has 0 spiro atoms. The molecule has 1 saturated heterocycles. The van der Waals surface area contributed by atoms with Gasteiger partial charge in [-0.25, -0.2) is 0 Å². The van der Waals surface area contributed by atoms with E-state index in [1.54, 1.807) is 18.2 Å². The number of benzene rings is 1. The smallest absolute Gasteiger partial charge is 0.255 e. The van der Waals surface area contributed by atoms with E-state index in [9.17, 15) is 4.79 Å². The topological polar surface area (TPSA) is 46.3 Å². The number of carbonyl (C=O) groups excluding carboxylic acids is 1. The molecule has 1 aliphatic rings. The van der Waals surface area contributed by atoms with Crippen LogP contribution in [0.25, 0.3) is 0 Å². The summed E-state index contributed by atoms with van der Waals surface area (Å²) >= 11 is 8.02. The Bertz CT molecular complexity index is 456. The number of thioether (sulfide) groups is 1. The highest BCUT2D eigenvalue weighted by molar-refractivity contribution is 8.00. The van der Waals surface area contributed by atoms with E-state index in [-0.39, 0.29) is 18.3 Å². The van der Waals surface area contributed by atoms with Gasteiger partial charge in [-0.2, -0.15) is 11.8 Å². The largest absolute Gasteiger partial charge is 0.399 e. The monoisotopic (exact) mass is 320 g/mol. The zero-order valence-corrected chi connectivity index (χ0v) is 13.2. The fourth-order valence-electron chi connectivity index (χ4n) is 2.03. The molecule has 6 heteroatoms. The van der Waals surface area contributed by atoms with Crippen LogP contribution < -0.4 is 5.73 Å². The van der Waals surface area contributed by atoms with Crippen molar-refractivity contribution in [1.29, 1.82) is 0 Å². The summed E-state index contributed by atoms with van der Waals surface area (Å²) in [6.45, 7) is 3.75. The highest BCUT2D eigenvalue weighted by Crippen LogP contribution is 2.25. The van der Waals surface area contributed by atoms with Gasteiger partial charge in [0, 0.05) is 29.8 Å². The summed E-state index contributed by atoms with van der Waals surface area (Å²) in [5.41, 5.74) is 6.77. The molecule has 1 aromatic carbocycles. The molecule has 1 unspecified atom stereocenters. The molecule has 1 fully saturated rings. The molecular weight excluding hydrogens is 303 g/mol. The number of nitrogens with two attached hydrogens (primary N) is 1. The third-order valence-corrected chi connectivity index (χ3v) is 4.79. The van der Waals surface area contributed by atoms with E-state index in [4.69, 9.17) is 17.3 Å². The van der Waals surface area contributed by atoms with Gasteiger partial charge >= 0.3 is 0 Å². The molecule has 0 aliphatic carbocycles. The second kappa shape index (κ2) is 7.27. The Morgan fingerprint density at radius 1 is 1.58 bits per heavy atom. The molecule has 0 bridgehead atoms. The van der Waals surface area contributed by atoms with Gasteiger partial charge in [-0.15, -0.1) is 12.4 Å². The van der Waals surface area contributed by atoms with Crippen molar-refractivity contribution < 1.29 is 4.79 Å². The summed E-state index contributed by atoms with van der Waals surface area (Å²) < 4.78 is 0. The number of halogens is 2. The molecule has 1 aromatic rings. The lowest BCUT2D eigenvalue weighted by atomic mass is 10.1. The van der Waals surface area contributed by atoms with Gasteiger partial charge in [0.2, 0.25) is 0 Å². The third kappa shape index (κ3) is 3.94. The van der Waals surface area contributed by atoms with Crippen LogP contribution >= 0.6 is 35.8 Å². The molecule has 0 radical (unpaired) electrons. The molecule has 0 aromatic heterocycles. The number of carbonyl (C=O) groups is 1. The molecule has 2 rings (SSSR count). The molecular formula is C13H18Cl2N2OS.